The van der Waals surface area contributed by atoms with Gasteiger partial charge < -0.3 is 5.73 Å². The molecule has 0 aliphatic heterocycles. The van der Waals surface area contributed by atoms with Gasteiger partial charge in [0.05, 0.1) is 0 Å². The van der Waals surface area contributed by atoms with Gasteiger partial charge in [-0.15, -0.1) is 0 Å². The van der Waals surface area contributed by atoms with Gasteiger partial charge in [0.2, 0.25) is 0 Å². The topological polar surface area (TPSA) is 26.0 Å². The Morgan fingerprint density at radius 1 is 0.833 bits per heavy atom. The van der Waals surface area contributed by atoms with Crippen molar-refractivity contribution in [1.82, 2.24) is 0 Å². The Labute approximate surface area is 113 Å². The highest BCUT2D eigenvalue weighted by Crippen LogP contribution is 2.61. The lowest BCUT2D eigenvalue weighted by molar-refractivity contribution is -0.0925. The third kappa shape index (κ3) is 2.24. The third-order valence-electron chi connectivity index (χ3n) is 6.04. The fourth-order valence-corrected chi connectivity index (χ4v) is 6.49. The molecule has 4 rings (SSSR count). The second-order valence-electron chi connectivity index (χ2n) is 9.11. The second kappa shape index (κ2) is 3.98. The van der Waals surface area contributed by atoms with Crippen molar-refractivity contribution in [2.24, 2.45) is 40.7 Å². The van der Waals surface area contributed by atoms with E-state index in [2.05, 4.69) is 27.7 Å². The lowest BCUT2D eigenvalue weighted by Crippen LogP contribution is -2.52. The molecule has 0 saturated heterocycles. The van der Waals surface area contributed by atoms with Crippen molar-refractivity contribution in [3.63, 3.8) is 0 Å². The van der Waals surface area contributed by atoms with Crippen molar-refractivity contribution < 1.29 is 0 Å². The fourth-order valence-electron chi connectivity index (χ4n) is 6.49. The summed E-state index contributed by atoms with van der Waals surface area (Å²) in [5.74, 6) is 5.18. The highest BCUT2D eigenvalue weighted by molar-refractivity contribution is 5.03. The molecule has 0 aromatic carbocycles. The molecule has 4 aliphatic carbocycles. The first-order chi connectivity index (χ1) is 8.24. The maximum absolute atomic E-state index is 6.31. The first-order valence-corrected chi connectivity index (χ1v) is 8.03. The fraction of sp³-hybridized carbons (Fsp3) is 1.00. The average molecular weight is 249 g/mol. The largest absolute Gasteiger partial charge is 0.326 e. The maximum atomic E-state index is 6.31. The van der Waals surface area contributed by atoms with Crippen molar-refractivity contribution in [3.05, 3.63) is 0 Å². The van der Waals surface area contributed by atoms with Crippen molar-refractivity contribution >= 4 is 0 Å². The highest BCUT2D eigenvalue weighted by Gasteiger charge is 2.53. The zero-order chi connectivity index (χ0) is 13.1. The standard InChI is InChI=1S/C17H31N/c1-16(2,10-17(3,4)18)15-13-6-11-5-12(8-13)9-14(15)7-11/h11-15H,5-10,18H2,1-4H3. The molecule has 0 unspecified atom stereocenters. The molecule has 1 heteroatoms. The first-order valence-electron chi connectivity index (χ1n) is 8.03. The Morgan fingerprint density at radius 3 is 1.67 bits per heavy atom. The van der Waals surface area contributed by atoms with Gasteiger partial charge in [-0.3, -0.25) is 0 Å². The van der Waals surface area contributed by atoms with Crippen LogP contribution in [0.4, 0.5) is 0 Å². The summed E-state index contributed by atoms with van der Waals surface area (Å²) in [5, 5.41) is 0. The van der Waals surface area contributed by atoms with Crippen LogP contribution < -0.4 is 5.73 Å². The Balaban J connectivity index is 1.79. The Kier molecular flexibility index (Phi) is 2.86. The summed E-state index contributed by atoms with van der Waals surface area (Å²) in [5.41, 5.74) is 6.73. The van der Waals surface area contributed by atoms with Gasteiger partial charge in [-0.1, -0.05) is 13.8 Å². The van der Waals surface area contributed by atoms with Crippen LogP contribution in [0.25, 0.3) is 0 Å². The maximum Gasteiger partial charge on any atom is 0.0102 e. The summed E-state index contributed by atoms with van der Waals surface area (Å²) in [4.78, 5) is 0. The summed E-state index contributed by atoms with van der Waals surface area (Å²) in [6, 6.07) is 0. The van der Waals surface area contributed by atoms with Gasteiger partial charge in [0.25, 0.3) is 0 Å². The minimum absolute atomic E-state index is 0.0157. The number of hydrogen-bond donors (Lipinski definition) is 1. The van der Waals surface area contributed by atoms with Crippen molar-refractivity contribution in [2.75, 3.05) is 0 Å². The van der Waals surface area contributed by atoms with Gasteiger partial charge >= 0.3 is 0 Å². The predicted molar refractivity (Wildman–Crippen MR) is 77.2 cm³/mol. The number of nitrogens with two attached hydrogens (primary N) is 1. The molecule has 0 amide bonds. The van der Waals surface area contributed by atoms with Crippen LogP contribution in [0.2, 0.25) is 0 Å². The van der Waals surface area contributed by atoms with Crippen LogP contribution in [-0.2, 0) is 0 Å². The molecule has 18 heavy (non-hydrogen) atoms. The SMILES string of the molecule is CC(C)(N)CC(C)(C)C1C2CC3CC(C2)CC1C3. The molecule has 104 valence electrons. The first kappa shape index (κ1) is 13.0. The van der Waals surface area contributed by atoms with Crippen LogP contribution in [0.1, 0.15) is 66.2 Å². The van der Waals surface area contributed by atoms with E-state index in [9.17, 15) is 0 Å². The van der Waals surface area contributed by atoms with E-state index in [1.54, 1.807) is 6.42 Å². The van der Waals surface area contributed by atoms with Crippen molar-refractivity contribution in [1.29, 1.82) is 0 Å². The summed E-state index contributed by atoms with van der Waals surface area (Å²) < 4.78 is 0. The van der Waals surface area contributed by atoms with E-state index in [-0.39, 0.29) is 5.54 Å². The third-order valence-corrected chi connectivity index (χ3v) is 6.04. The molecule has 4 bridgehead atoms. The summed E-state index contributed by atoms with van der Waals surface area (Å²) >= 11 is 0. The molecule has 4 aliphatic rings. The molecule has 2 N–H and O–H groups in total. The Bertz CT molecular complexity index is 295. The zero-order valence-electron chi connectivity index (χ0n) is 12.7. The minimum Gasteiger partial charge on any atom is -0.326 e. The normalized spacial score (nSPS) is 43.5. The average Bonchev–Trinajstić information content (AvgIpc) is 2.09. The van der Waals surface area contributed by atoms with Gasteiger partial charge in [-0.25, -0.2) is 0 Å². The predicted octanol–water partition coefficient (Wildman–Crippen LogP) is 4.21. The minimum atomic E-state index is -0.0157. The summed E-state index contributed by atoms with van der Waals surface area (Å²) in [7, 11) is 0. The molecule has 0 aromatic heterocycles. The number of hydrogen-bond acceptors (Lipinski definition) is 1. The van der Waals surface area contributed by atoms with E-state index in [1.807, 2.05) is 0 Å². The van der Waals surface area contributed by atoms with Gasteiger partial charge in [-0.05, 0) is 87.4 Å². The molecule has 0 heterocycles. The molecule has 0 spiro atoms. The van der Waals surface area contributed by atoms with Gasteiger partial charge in [0.1, 0.15) is 0 Å². The quantitative estimate of drug-likeness (QED) is 0.796. The Morgan fingerprint density at radius 2 is 1.28 bits per heavy atom. The van der Waals surface area contributed by atoms with E-state index in [1.165, 1.54) is 32.1 Å². The van der Waals surface area contributed by atoms with Gasteiger partial charge in [0, 0.05) is 5.54 Å². The lowest BCUT2D eigenvalue weighted by atomic mass is 9.46. The van der Waals surface area contributed by atoms with Crippen molar-refractivity contribution in [3.8, 4) is 0 Å². The molecule has 0 radical (unpaired) electrons. The highest BCUT2D eigenvalue weighted by atomic mass is 14.7. The molecule has 1 nitrogen and oxygen atoms in total. The van der Waals surface area contributed by atoms with Crippen molar-refractivity contribution in [2.45, 2.75) is 71.8 Å². The molecule has 0 aromatic rings. The summed E-state index contributed by atoms with van der Waals surface area (Å²) in [6.45, 7) is 9.39. The van der Waals surface area contributed by atoms with E-state index in [0.29, 0.717) is 5.41 Å². The smallest absolute Gasteiger partial charge is 0.0102 e. The monoisotopic (exact) mass is 249 g/mol. The van der Waals surface area contributed by atoms with E-state index in [0.717, 1.165) is 29.6 Å². The van der Waals surface area contributed by atoms with Gasteiger partial charge in [0.15, 0.2) is 0 Å². The van der Waals surface area contributed by atoms with E-state index < -0.39 is 0 Å². The van der Waals surface area contributed by atoms with Crippen LogP contribution >= 0.6 is 0 Å². The zero-order valence-corrected chi connectivity index (χ0v) is 12.7. The van der Waals surface area contributed by atoms with Crippen LogP contribution in [0.3, 0.4) is 0 Å². The number of rotatable bonds is 3. The van der Waals surface area contributed by atoms with Crippen LogP contribution in [0.5, 0.6) is 0 Å². The van der Waals surface area contributed by atoms with E-state index >= 15 is 0 Å². The van der Waals surface area contributed by atoms with Crippen LogP contribution in [0.15, 0.2) is 0 Å². The molecular formula is C17H31N. The molecule has 4 saturated carbocycles. The van der Waals surface area contributed by atoms with Gasteiger partial charge in [-0.2, -0.15) is 0 Å². The Hall–Kier alpha value is -0.0400. The molecule has 4 fully saturated rings. The van der Waals surface area contributed by atoms with E-state index in [4.69, 9.17) is 5.73 Å². The lowest BCUT2D eigenvalue weighted by Gasteiger charge is -2.59. The molecular weight excluding hydrogens is 218 g/mol. The van der Waals surface area contributed by atoms with Crippen LogP contribution in [-0.4, -0.2) is 5.54 Å². The summed E-state index contributed by atoms with van der Waals surface area (Å²) in [6.07, 6.45) is 8.87. The molecule has 0 atom stereocenters. The second-order valence-corrected chi connectivity index (χ2v) is 9.11. The van der Waals surface area contributed by atoms with Crippen LogP contribution in [0, 0.1) is 35.0 Å².